The van der Waals surface area contributed by atoms with Crippen molar-refractivity contribution in [3.05, 3.63) is 0 Å². The van der Waals surface area contributed by atoms with Crippen molar-refractivity contribution in [2.75, 3.05) is 6.61 Å². The highest BCUT2D eigenvalue weighted by molar-refractivity contribution is 5.57. The van der Waals surface area contributed by atoms with Crippen molar-refractivity contribution in [2.24, 2.45) is 0 Å². The molecule has 8 heteroatoms. The SMILES string of the molecule is O=C(O)OCCCCCCCCCCCC1(OC(=O)O)OO1. The quantitative estimate of drug-likeness (QED) is 0.227. The van der Waals surface area contributed by atoms with Gasteiger partial charge in [-0.05, 0) is 12.8 Å². The smallest absolute Gasteiger partial charge is 0.450 e. The molecule has 1 rings (SSSR count). The Balaban J connectivity index is 1.79. The van der Waals surface area contributed by atoms with Gasteiger partial charge in [0.05, 0.1) is 6.61 Å². The minimum Gasteiger partial charge on any atom is -0.450 e. The highest BCUT2D eigenvalue weighted by Gasteiger charge is 2.53. The van der Waals surface area contributed by atoms with E-state index in [9.17, 15) is 9.59 Å². The maximum Gasteiger partial charge on any atom is 0.510 e. The number of hydrogen-bond acceptors (Lipinski definition) is 6. The molecule has 0 aromatic carbocycles. The largest absolute Gasteiger partial charge is 0.510 e. The van der Waals surface area contributed by atoms with E-state index < -0.39 is 18.3 Å². The van der Waals surface area contributed by atoms with Crippen LogP contribution in [0.3, 0.4) is 0 Å². The fourth-order valence-electron chi connectivity index (χ4n) is 2.19. The average molecular weight is 320 g/mol. The first-order valence-corrected chi connectivity index (χ1v) is 7.68. The highest BCUT2D eigenvalue weighted by atomic mass is 17.5. The highest BCUT2D eigenvalue weighted by Crippen LogP contribution is 2.36. The molecule has 0 radical (unpaired) electrons. The summed E-state index contributed by atoms with van der Waals surface area (Å²) in [5, 5.41) is 16.8. The summed E-state index contributed by atoms with van der Waals surface area (Å²) in [5.41, 5.74) is 0. The third kappa shape index (κ3) is 9.41. The molecule has 0 atom stereocenters. The van der Waals surface area contributed by atoms with Gasteiger partial charge < -0.3 is 19.7 Å². The molecule has 1 heterocycles. The molecule has 22 heavy (non-hydrogen) atoms. The lowest BCUT2D eigenvalue weighted by atomic mass is 10.1. The Kier molecular flexibility index (Phi) is 8.61. The number of unbranched alkanes of at least 4 members (excludes halogenated alkanes) is 8. The molecule has 0 aromatic heterocycles. The van der Waals surface area contributed by atoms with Crippen molar-refractivity contribution in [3.63, 3.8) is 0 Å². The molecule has 1 fully saturated rings. The fourth-order valence-corrected chi connectivity index (χ4v) is 2.19. The average Bonchev–Trinajstić information content (AvgIpc) is 3.18. The van der Waals surface area contributed by atoms with Gasteiger partial charge in [-0.3, -0.25) is 0 Å². The Morgan fingerprint density at radius 2 is 1.27 bits per heavy atom. The van der Waals surface area contributed by atoms with Gasteiger partial charge in [0, 0.05) is 6.42 Å². The van der Waals surface area contributed by atoms with Crippen LogP contribution in [0.5, 0.6) is 0 Å². The maximum absolute atomic E-state index is 10.4. The zero-order valence-corrected chi connectivity index (χ0v) is 12.6. The van der Waals surface area contributed by atoms with Gasteiger partial charge in [-0.15, -0.1) is 0 Å². The van der Waals surface area contributed by atoms with Gasteiger partial charge in [-0.1, -0.05) is 44.9 Å². The number of carbonyl (C=O) groups is 2. The van der Waals surface area contributed by atoms with Crippen LogP contribution in [0.2, 0.25) is 0 Å². The van der Waals surface area contributed by atoms with Crippen LogP contribution in [-0.2, 0) is 19.2 Å². The molecule has 0 amide bonds. The molecule has 8 nitrogen and oxygen atoms in total. The summed E-state index contributed by atoms with van der Waals surface area (Å²) in [6, 6.07) is 0. The van der Waals surface area contributed by atoms with Crippen molar-refractivity contribution in [1.29, 1.82) is 0 Å². The fraction of sp³-hybridized carbons (Fsp3) is 0.857. The number of ether oxygens (including phenoxy) is 2. The van der Waals surface area contributed by atoms with Crippen molar-refractivity contribution in [2.45, 2.75) is 70.2 Å². The molecule has 0 saturated carbocycles. The van der Waals surface area contributed by atoms with Crippen LogP contribution in [-0.4, -0.2) is 35.1 Å². The van der Waals surface area contributed by atoms with Crippen LogP contribution in [0.4, 0.5) is 9.59 Å². The minimum absolute atomic E-state index is 0.277. The Hall–Kier alpha value is -1.54. The normalized spacial score (nSPS) is 15.3. The van der Waals surface area contributed by atoms with Crippen molar-refractivity contribution >= 4 is 12.3 Å². The lowest BCUT2D eigenvalue weighted by Gasteiger charge is -2.06. The van der Waals surface area contributed by atoms with Crippen LogP contribution >= 0.6 is 0 Å². The molecular formula is C14H24O8. The van der Waals surface area contributed by atoms with Crippen LogP contribution in [0.1, 0.15) is 64.2 Å². The van der Waals surface area contributed by atoms with E-state index >= 15 is 0 Å². The van der Waals surface area contributed by atoms with E-state index in [0.29, 0.717) is 6.42 Å². The molecule has 0 spiro atoms. The topological polar surface area (TPSA) is 118 Å². The van der Waals surface area contributed by atoms with E-state index in [1.807, 2.05) is 0 Å². The molecule has 2 N–H and O–H groups in total. The van der Waals surface area contributed by atoms with Crippen LogP contribution in [0, 0.1) is 0 Å². The van der Waals surface area contributed by atoms with Gasteiger partial charge in [0.1, 0.15) is 0 Å². The zero-order valence-electron chi connectivity index (χ0n) is 12.6. The van der Waals surface area contributed by atoms with Gasteiger partial charge in [0.2, 0.25) is 0 Å². The summed E-state index contributed by atoms with van der Waals surface area (Å²) in [4.78, 5) is 29.6. The van der Waals surface area contributed by atoms with Crippen LogP contribution < -0.4 is 0 Å². The van der Waals surface area contributed by atoms with Crippen LogP contribution in [0.25, 0.3) is 0 Å². The monoisotopic (exact) mass is 320 g/mol. The maximum atomic E-state index is 10.4. The molecule has 1 aliphatic heterocycles. The third-order valence-corrected chi connectivity index (χ3v) is 3.36. The Morgan fingerprint density at radius 1 is 0.773 bits per heavy atom. The number of rotatable bonds is 13. The summed E-state index contributed by atoms with van der Waals surface area (Å²) < 4.78 is 8.90. The summed E-state index contributed by atoms with van der Waals surface area (Å²) >= 11 is 0. The first-order valence-electron chi connectivity index (χ1n) is 7.68. The van der Waals surface area contributed by atoms with E-state index in [4.69, 9.17) is 10.2 Å². The lowest BCUT2D eigenvalue weighted by Crippen LogP contribution is -2.19. The number of hydrogen-bond donors (Lipinski definition) is 2. The first kappa shape index (κ1) is 18.5. The second-order valence-electron chi connectivity index (χ2n) is 5.26. The van der Waals surface area contributed by atoms with Gasteiger partial charge in [-0.2, -0.15) is 9.78 Å². The minimum atomic E-state index is -1.40. The van der Waals surface area contributed by atoms with Gasteiger partial charge in [0.15, 0.2) is 0 Å². The lowest BCUT2D eigenvalue weighted by molar-refractivity contribution is -0.0329. The molecule has 0 unspecified atom stereocenters. The van der Waals surface area contributed by atoms with E-state index in [1.54, 1.807) is 0 Å². The first-order chi connectivity index (χ1) is 10.5. The predicted molar refractivity (Wildman–Crippen MR) is 74.2 cm³/mol. The standard InChI is InChI=1S/C14H24O8/c15-12(16)19-11-9-7-5-3-1-2-4-6-8-10-14(21-22-14)20-13(17)18/h1-11H2,(H,15,16)(H,17,18). The Morgan fingerprint density at radius 3 is 1.73 bits per heavy atom. The molecular weight excluding hydrogens is 296 g/mol. The second kappa shape index (κ2) is 10.2. The predicted octanol–water partition coefficient (Wildman–Crippen LogP) is 3.89. The summed E-state index contributed by atoms with van der Waals surface area (Å²) in [7, 11) is 0. The second-order valence-corrected chi connectivity index (χ2v) is 5.26. The molecule has 1 saturated heterocycles. The molecule has 0 bridgehead atoms. The summed E-state index contributed by atoms with van der Waals surface area (Å²) in [6.07, 6.45) is 6.89. The van der Waals surface area contributed by atoms with Gasteiger partial charge in [-0.25, -0.2) is 9.59 Å². The van der Waals surface area contributed by atoms with Gasteiger partial charge in [0.25, 0.3) is 0 Å². The van der Waals surface area contributed by atoms with Crippen LogP contribution in [0.15, 0.2) is 0 Å². The van der Waals surface area contributed by atoms with Crippen molar-refractivity contribution in [1.82, 2.24) is 0 Å². The molecule has 128 valence electrons. The van der Waals surface area contributed by atoms with Gasteiger partial charge >= 0.3 is 18.3 Å². The molecule has 0 aromatic rings. The molecule has 1 aliphatic rings. The van der Waals surface area contributed by atoms with Crippen molar-refractivity contribution < 1.29 is 39.1 Å². The Bertz CT molecular complexity index is 340. The van der Waals surface area contributed by atoms with E-state index in [0.717, 1.165) is 57.8 Å². The van der Waals surface area contributed by atoms with E-state index in [-0.39, 0.29) is 6.61 Å². The van der Waals surface area contributed by atoms with E-state index in [2.05, 4.69) is 19.2 Å². The van der Waals surface area contributed by atoms with E-state index in [1.165, 1.54) is 0 Å². The zero-order chi connectivity index (χ0) is 16.3. The number of carboxylic acid groups (broad SMARTS) is 2. The summed E-state index contributed by atoms with van der Waals surface area (Å²) in [6.45, 7) is 0.277. The van der Waals surface area contributed by atoms with Crippen molar-refractivity contribution in [3.8, 4) is 0 Å². The molecule has 0 aliphatic carbocycles. The Labute approximate surface area is 129 Å². The third-order valence-electron chi connectivity index (χ3n) is 3.36. The summed E-state index contributed by atoms with van der Waals surface area (Å²) in [5.74, 6) is -1.34.